The van der Waals surface area contributed by atoms with Crippen molar-refractivity contribution in [2.24, 2.45) is 0 Å². The van der Waals surface area contributed by atoms with E-state index in [2.05, 4.69) is 0 Å². The summed E-state index contributed by atoms with van der Waals surface area (Å²) in [5.41, 5.74) is 4.29. The van der Waals surface area contributed by atoms with Gasteiger partial charge in [-0.15, -0.1) is 0 Å². The lowest BCUT2D eigenvalue weighted by atomic mass is 9.98. The minimum atomic E-state index is -0.862. The minimum Gasteiger partial charge on any atom is -0.481 e. The van der Waals surface area contributed by atoms with Crippen LogP contribution in [-0.4, -0.2) is 22.8 Å². The molecule has 1 N–H and O–H groups in total. The van der Waals surface area contributed by atoms with Crippen LogP contribution in [-0.2, 0) is 29.1 Å². The lowest BCUT2D eigenvalue weighted by Gasteiger charge is -2.16. The van der Waals surface area contributed by atoms with Gasteiger partial charge >= 0.3 is 5.97 Å². The van der Waals surface area contributed by atoms with Crippen LogP contribution in [0.3, 0.4) is 0 Å². The first-order valence-corrected chi connectivity index (χ1v) is 10.3. The highest BCUT2D eigenvalue weighted by atomic mass is 16.5. The Bertz CT molecular complexity index is 1090. The summed E-state index contributed by atoms with van der Waals surface area (Å²) >= 11 is 0. The van der Waals surface area contributed by atoms with Gasteiger partial charge in [0.1, 0.15) is 0 Å². The maximum atomic E-state index is 13.4. The van der Waals surface area contributed by atoms with Gasteiger partial charge in [-0.3, -0.25) is 9.59 Å². The lowest BCUT2D eigenvalue weighted by molar-refractivity contribution is -0.137. The topological polar surface area (TPSA) is 68.5 Å². The van der Waals surface area contributed by atoms with Crippen molar-refractivity contribution < 1.29 is 14.6 Å². The Balaban J connectivity index is 2.06. The number of methoxy groups -OCH3 is 1. The van der Waals surface area contributed by atoms with Gasteiger partial charge in [0.05, 0.1) is 13.2 Å². The highest BCUT2D eigenvalue weighted by Gasteiger charge is 2.15. The molecule has 0 bridgehead atoms. The van der Waals surface area contributed by atoms with Gasteiger partial charge in [0.25, 0.3) is 5.56 Å². The summed E-state index contributed by atoms with van der Waals surface area (Å²) in [6.07, 6.45) is 6.58. The Hall–Kier alpha value is -3.44. The van der Waals surface area contributed by atoms with Crippen molar-refractivity contribution in [2.45, 2.75) is 32.4 Å². The quantitative estimate of drug-likeness (QED) is 0.523. The maximum Gasteiger partial charge on any atom is 0.303 e. The van der Waals surface area contributed by atoms with E-state index in [0.717, 1.165) is 22.3 Å². The number of carboxylic acids is 1. The zero-order valence-corrected chi connectivity index (χ0v) is 17.7. The van der Waals surface area contributed by atoms with Crippen LogP contribution in [0.25, 0.3) is 12.2 Å². The van der Waals surface area contributed by atoms with Crippen molar-refractivity contribution >= 4 is 18.1 Å². The molecule has 0 fully saturated rings. The molecule has 1 heterocycles. The number of carbonyl (C=O) groups is 1. The minimum absolute atomic E-state index is 0.0223. The molecule has 0 saturated heterocycles. The molecule has 0 radical (unpaired) electrons. The van der Waals surface area contributed by atoms with Crippen molar-refractivity contribution in [1.29, 1.82) is 0 Å². The summed E-state index contributed by atoms with van der Waals surface area (Å²) in [6.45, 7) is 0.806. The molecule has 0 aliphatic carbocycles. The van der Waals surface area contributed by atoms with Crippen molar-refractivity contribution in [1.82, 2.24) is 4.57 Å². The van der Waals surface area contributed by atoms with Gasteiger partial charge in [0.15, 0.2) is 0 Å². The molecule has 0 atom stereocenters. The fourth-order valence-corrected chi connectivity index (χ4v) is 3.58. The van der Waals surface area contributed by atoms with Gasteiger partial charge in [0.2, 0.25) is 0 Å². The number of hydrogen-bond acceptors (Lipinski definition) is 3. The summed E-state index contributed by atoms with van der Waals surface area (Å²) in [5, 5.41) is 9.05. The second-order valence-electron chi connectivity index (χ2n) is 7.39. The molecule has 5 heteroatoms. The van der Waals surface area contributed by atoms with Crippen LogP contribution in [0.2, 0.25) is 0 Å². The molecule has 1 aromatic heterocycles. The summed E-state index contributed by atoms with van der Waals surface area (Å²) in [4.78, 5) is 24.4. The third-order valence-electron chi connectivity index (χ3n) is 5.06. The largest absolute Gasteiger partial charge is 0.481 e. The molecule has 3 aromatic rings. The second kappa shape index (κ2) is 11.1. The summed E-state index contributed by atoms with van der Waals surface area (Å²) in [5.74, 6) is -0.862. The molecule has 31 heavy (non-hydrogen) atoms. The first-order valence-electron chi connectivity index (χ1n) is 10.3. The van der Waals surface area contributed by atoms with Gasteiger partial charge in [0, 0.05) is 30.9 Å². The number of nitrogens with zero attached hydrogens (tertiary/aromatic N) is 1. The number of benzene rings is 2. The molecule has 0 aliphatic rings. The Labute approximate surface area is 182 Å². The van der Waals surface area contributed by atoms with E-state index in [1.54, 1.807) is 11.7 Å². The van der Waals surface area contributed by atoms with Crippen molar-refractivity contribution in [3.05, 3.63) is 105 Å². The van der Waals surface area contributed by atoms with Crippen LogP contribution in [0.4, 0.5) is 0 Å². The number of aromatic nitrogens is 1. The van der Waals surface area contributed by atoms with Crippen LogP contribution < -0.4 is 5.56 Å². The van der Waals surface area contributed by atoms with Crippen LogP contribution in [0.1, 0.15) is 40.7 Å². The van der Waals surface area contributed by atoms with Crippen molar-refractivity contribution in [3.63, 3.8) is 0 Å². The van der Waals surface area contributed by atoms with Gasteiger partial charge < -0.3 is 14.4 Å². The van der Waals surface area contributed by atoms with E-state index in [0.29, 0.717) is 31.6 Å². The summed E-state index contributed by atoms with van der Waals surface area (Å²) in [7, 11) is 1.63. The first kappa shape index (κ1) is 22.2. The van der Waals surface area contributed by atoms with Crippen LogP contribution in [0.5, 0.6) is 0 Å². The number of ether oxygens (including phenoxy) is 1. The fraction of sp³-hybridized carbons (Fsp3) is 0.231. The number of hydrogen-bond donors (Lipinski definition) is 1. The van der Waals surface area contributed by atoms with E-state index < -0.39 is 5.97 Å². The Morgan fingerprint density at radius 1 is 1.03 bits per heavy atom. The fourth-order valence-electron chi connectivity index (χ4n) is 3.58. The molecular formula is C26H27NO4. The highest BCUT2D eigenvalue weighted by Crippen LogP contribution is 2.19. The molecule has 0 unspecified atom stereocenters. The van der Waals surface area contributed by atoms with E-state index in [1.807, 2.05) is 79.0 Å². The molecule has 0 spiro atoms. The zero-order valence-electron chi connectivity index (χ0n) is 17.7. The Morgan fingerprint density at radius 2 is 1.71 bits per heavy atom. The molecule has 5 nitrogen and oxygen atoms in total. The number of aliphatic carboxylic acids is 1. The SMILES string of the molecule is COCc1cn(Cc2ccccc2)c(=O)c(CCCC(=O)O)c1C=Cc1ccccc1. The van der Waals surface area contributed by atoms with Crippen molar-refractivity contribution in [3.8, 4) is 0 Å². The van der Waals surface area contributed by atoms with E-state index in [9.17, 15) is 9.59 Å². The molecule has 0 aliphatic heterocycles. The van der Waals surface area contributed by atoms with Crippen LogP contribution >= 0.6 is 0 Å². The van der Waals surface area contributed by atoms with Gasteiger partial charge in [-0.2, -0.15) is 0 Å². The average Bonchev–Trinajstić information content (AvgIpc) is 2.77. The first-order chi connectivity index (χ1) is 15.1. The standard InChI is InChI=1S/C26H27NO4/c1-31-19-22-18-27(17-21-11-6-3-7-12-21)26(30)24(13-8-14-25(28)29)23(22)16-15-20-9-4-2-5-10-20/h2-7,9-12,15-16,18H,8,13-14,17,19H2,1H3,(H,28,29). The average molecular weight is 418 g/mol. The Kier molecular flexibility index (Phi) is 7.96. The normalized spacial score (nSPS) is 11.1. The third kappa shape index (κ3) is 6.27. The van der Waals surface area contributed by atoms with Crippen LogP contribution in [0, 0.1) is 0 Å². The van der Waals surface area contributed by atoms with E-state index >= 15 is 0 Å². The predicted octanol–water partition coefficient (Wildman–Crippen LogP) is 4.62. The van der Waals surface area contributed by atoms with Gasteiger partial charge in [-0.1, -0.05) is 72.8 Å². The van der Waals surface area contributed by atoms with E-state index in [1.165, 1.54) is 0 Å². The molecular weight excluding hydrogens is 390 g/mol. The molecule has 160 valence electrons. The highest BCUT2D eigenvalue weighted by molar-refractivity contribution is 5.72. The number of carboxylic acid groups (broad SMARTS) is 1. The molecule has 0 amide bonds. The van der Waals surface area contributed by atoms with Gasteiger partial charge in [-0.25, -0.2) is 0 Å². The predicted molar refractivity (Wildman–Crippen MR) is 123 cm³/mol. The second-order valence-corrected chi connectivity index (χ2v) is 7.39. The monoisotopic (exact) mass is 417 g/mol. The molecule has 0 saturated carbocycles. The lowest BCUT2D eigenvalue weighted by Crippen LogP contribution is -2.27. The van der Waals surface area contributed by atoms with Crippen molar-refractivity contribution in [2.75, 3.05) is 7.11 Å². The number of pyridine rings is 1. The van der Waals surface area contributed by atoms with Gasteiger partial charge in [-0.05, 0) is 29.5 Å². The third-order valence-corrected chi connectivity index (χ3v) is 5.06. The van der Waals surface area contributed by atoms with E-state index in [-0.39, 0.29) is 12.0 Å². The molecule has 2 aromatic carbocycles. The zero-order chi connectivity index (χ0) is 22.1. The Morgan fingerprint density at radius 3 is 2.35 bits per heavy atom. The maximum absolute atomic E-state index is 13.4. The van der Waals surface area contributed by atoms with Crippen LogP contribution in [0.15, 0.2) is 71.7 Å². The number of rotatable bonds is 10. The summed E-state index contributed by atoms with van der Waals surface area (Å²) < 4.78 is 7.11. The smallest absolute Gasteiger partial charge is 0.303 e. The molecule has 3 rings (SSSR count). The van der Waals surface area contributed by atoms with E-state index in [4.69, 9.17) is 9.84 Å². The summed E-state index contributed by atoms with van der Waals surface area (Å²) in [6, 6.07) is 19.7.